The first-order valence-corrected chi connectivity index (χ1v) is 11.3. The number of hydrogen-bond acceptors (Lipinski definition) is 3. The fourth-order valence-electron chi connectivity index (χ4n) is 7.04. The van der Waals surface area contributed by atoms with Crippen molar-refractivity contribution in [2.24, 2.45) is 39.9 Å². The molecule has 0 aliphatic heterocycles. The van der Waals surface area contributed by atoms with Crippen LogP contribution < -0.4 is 0 Å². The maximum absolute atomic E-state index is 13.5. The Bertz CT molecular complexity index is 575. The fraction of sp³-hybridized carbons (Fsp3) is 0.905. The molecule has 0 aromatic carbocycles. The van der Waals surface area contributed by atoms with Gasteiger partial charge in [-0.05, 0) is 68.5 Å². The number of fused-ring (bicyclic) bond motifs is 3. The first-order valence-electron chi connectivity index (χ1n) is 9.88. The Morgan fingerprint density at radius 2 is 1.88 bits per heavy atom. The highest BCUT2D eigenvalue weighted by Gasteiger charge is 2.65. The maximum atomic E-state index is 13.5. The summed E-state index contributed by atoms with van der Waals surface area (Å²) in [4.78, 5) is 25.6. The minimum absolute atomic E-state index is 0.0212. The van der Waals surface area contributed by atoms with Gasteiger partial charge in [-0.2, -0.15) is 11.8 Å². The monoisotopic (exact) mass is 366 g/mol. The van der Waals surface area contributed by atoms with Gasteiger partial charge < -0.3 is 5.11 Å². The highest BCUT2D eigenvalue weighted by molar-refractivity contribution is 7.98. The summed E-state index contributed by atoms with van der Waals surface area (Å²) < 4.78 is 0. The van der Waals surface area contributed by atoms with Gasteiger partial charge in [-0.15, -0.1) is 0 Å². The molecule has 0 radical (unpaired) electrons. The van der Waals surface area contributed by atoms with E-state index in [-0.39, 0.29) is 22.7 Å². The molecule has 0 unspecified atom stereocenters. The summed E-state index contributed by atoms with van der Waals surface area (Å²) in [7, 11) is 0. The summed E-state index contributed by atoms with van der Waals surface area (Å²) in [5.41, 5.74) is -0.904. The SMILES string of the molecule is CSC[C@H]1C(=O)[C@@]2(C)CC[C@H]3[C@@](C)(CCC[C@@]3(C)C(=O)O)[C@@H]2C[C@@H]1C. The van der Waals surface area contributed by atoms with Crippen LogP contribution in [0.1, 0.15) is 66.2 Å². The van der Waals surface area contributed by atoms with Gasteiger partial charge >= 0.3 is 5.97 Å². The summed E-state index contributed by atoms with van der Waals surface area (Å²) in [6, 6.07) is 0. The van der Waals surface area contributed by atoms with Crippen molar-refractivity contribution in [2.75, 3.05) is 12.0 Å². The van der Waals surface area contributed by atoms with Crippen LogP contribution >= 0.6 is 11.8 Å². The molecule has 0 spiro atoms. The molecule has 3 fully saturated rings. The average molecular weight is 367 g/mol. The first kappa shape index (κ1) is 19.3. The van der Waals surface area contributed by atoms with Gasteiger partial charge in [-0.3, -0.25) is 9.59 Å². The minimum Gasteiger partial charge on any atom is -0.481 e. The van der Waals surface area contributed by atoms with Crippen LogP contribution in [0.25, 0.3) is 0 Å². The molecule has 3 saturated carbocycles. The number of thioether (sulfide) groups is 1. The second-order valence-electron chi connectivity index (χ2n) is 9.78. The third kappa shape index (κ3) is 2.61. The van der Waals surface area contributed by atoms with Crippen LogP contribution in [-0.2, 0) is 9.59 Å². The number of aliphatic carboxylic acids is 1. The molecule has 25 heavy (non-hydrogen) atoms. The van der Waals surface area contributed by atoms with E-state index in [2.05, 4.69) is 27.0 Å². The molecule has 3 aliphatic rings. The van der Waals surface area contributed by atoms with E-state index in [1.54, 1.807) is 11.8 Å². The average Bonchev–Trinajstić information content (AvgIpc) is 2.54. The van der Waals surface area contributed by atoms with Crippen LogP contribution in [-0.4, -0.2) is 28.9 Å². The third-order valence-electron chi connectivity index (χ3n) is 8.52. The summed E-state index contributed by atoms with van der Waals surface area (Å²) in [5, 5.41) is 9.96. The van der Waals surface area contributed by atoms with Crippen LogP contribution in [0, 0.1) is 39.9 Å². The summed E-state index contributed by atoms with van der Waals surface area (Å²) >= 11 is 1.78. The normalized spacial score (nSPS) is 50.0. The Hall–Kier alpha value is -0.510. The van der Waals surface area contributed by atoms with Crippen LogP contribution in [0.4, 0.5) is 0 Å². The number of carbonyl (C=O) groups is 2. The minimum atomic E-state index is -0.637. The molecule has 0 saturated heterocycles. The first-order chi connectivity index (χ1) is 11.6. The molecule has 0 aromatic rings. The second-order valence-corrected chi connectivity index (χ2v) is 10.7. The summed E-state index contributed by atoms with van der Waals surface area (Å²) in [6.45, 7) is 8.72. The quantitative estimate of drug-likeness (QED) is 0.773. The van der Waals surface area contributed by atoms with Crippen molar-refractivity contribution in [1.82, 2.24) is 0 Å². The third-order valence-corrected chi connectivity index (χ3v) is 9.22. The van der Waals surface area contributed by atoms with E-state index in [4.69, 9.17) is 0 Å². The van der Waals surface area contributed by atoms with E-state index in [1.165, 1.54) is 0 Å². The van der Waals surface area contributed by atoms with E-state index < -0.39 is 11.4 Å². The van der Waals surface area contributed by atoms with E-state index in [0.717, 1.165) is 44.3 Å². The highest BCUT2D eigenvalue weighted by atomic mass is 32.2. The Balaban J connectivity index is 2.00. The number of hydrogen-bond donors (Lipinski definition) is 1. The lowest BCUT2D eigenvalue weighted by Gasteiger charge is -2.64. The molecule has 0 heterocycles. The molecular formula is C21H34O3S. The predicted octanol–water partition coefficient (Wildman–Crippen LogP) is 4.89. The molecule has 0 amide bonds. The topological polar surface area (TPSA) is 54.4 Å². The molecular weight excluding hydrogens is 332 g/mol. The van der Waals surface area contributed by atoms with E-state index in [0.29, 0.717) is 17.6 Å². The number of ketones is 1. The van der Waals surface area contributed by atoms with E-state index in [9.17, 15) is 14.7 Å². The van der Waals surface area contributed by atoms with Crippen molar-refractivity contribution in [3.63, 3.8) is 0 Å². The van der Waals surface area contributed by atoms with Gasteiger partial charge in [0, 0.05) is 17.1 Å². The Labute approximate surface area is 156 Å². The Kier molecular flexibility index (Phi) is 4.84. The van der Waals surface area contributed by atoms with Gasteiger partial charge in [0.25, 0.3) is 0 Å². The predicted molar refractivity (Wildman–Crippen MR) is 103 cm³/mol. The van der Waals surface area contributed by atoms with Crippen molar-refractivity contribution in [2.45, 2.75) is 66.2 Å². The number of rotatable bonds is 3. The van der Waals surface area contributed by atoms with Gasteiger partial charge in [0.05, 0.1) is 5.41 Å². The molecule has 3 rings (SSSR count). The lowest BCUT2D eigenvalue weighted by Crippen LogP contribution is -2.62. The number of carbonyl (C=O) groups excluding carboxylic acids is 1. The Morgan fingerprint density at radius 1 is 1.20 bits per heavy atom. The molecule has 142 valence electrons. The van der Waals surface area contributed by atoms with Crippen molar-refractivity contribution in [1.29, 1.82) is 0 Å². The smallest absolute Gasteiger partial charge is 0.309 e. The van der Waals surface area contributed by atoms with Crippen molar-refractivity contribution in [3.05, 3.63) is 0 Å². The van der Waals surface area contributed by atoms with Gasteiger partial charge in [0.2, 0.25) is 0 Å². The maximum Gasteiger partial charge on any atom is 0.309 e. The van der Waals surface area contributed by atoms with Crippen LogP contribution in [0.2, 0.25) is 0 Å². The van der Waals surface area contributed by atoms with E-state index >= 15 is 0 Å². The molecule has 3 nitrogen and oxygen atoms in total. The molecule has 3 aliphatic carbocycles. The van der Waals surface area contributed by atoms with Crippen LogP contribution in [0.5, 0.6) is 0 Å². The van der Waals surface area contributed by atoms with Crippen molar-refractivity contribution >= 4 is 23.5 Å². The molecule has 7 atom stereocenters. The lowest BCUT2D eigenvalue weighted by atomic mass is 9.39. The standard InChI is InChI=1S/C21H34O3S/c1-13-11-16-19(2)8-6-9-21(4,18(23)24)15(19)7-10-20(16,3)17(22)14(13)12-25-5/h13-16H,6-12H2,1-5H3,(H,23,24)/t13-,14+,15-,16-,19+,20-,21+/m0/s1. The number of carboxylic acid groups (broad SMARTS) is 1. The van der Waals surface area contributed by atoms with Crippen molar-refractivity contribution < 1.29 is 14.7 Å². The van der Waals surface area contributed by atoms with Crippen molar-refractivity contribution in [3.8, 4) is 0 Å². The van der Waals surface area contributed by atoms with Crippen LogP contribution in [0.3, 0.4) is 0 Å². The fourth-order valence-corrected chi connectivity index (χ4v) is 7.88. The zero-order chi connectivity index (χ0) is 18.6. The summed E-state index contributed by atoms with van der Waals surface area (Å²) in [5.74, 6) is 1.86. The highest BCUT2D eigenvalue weighted by Crippen LogP contribution is 2.67. The lowest BCUT2D eigenvalue weighted by molar-refractivity contribution is -0.188. The zero-order valence-corrected chi connectivity index (χ0v) is 17.2. The van der Waals surface area contributed by atoms with E-state index in [1.807, 2.05) is 6.92 Å². The Morgan fingerprint density at radius 3 is 2.48 bits per heavy atom. The molecule has 0 bridgehead atoms. The number of carboxylic acids is 1. The van der Waals surface area contributed by atoms with Crippen LogP contribution in [0.15, 0.2) is 0 Å². The molecule has 0 aromatic heterocycles. The molecule has 4 heteroatoms. The van der Waals surface area contributed by atoms with Gasteiger partial charge in [-0.25, -0.2) is 0 Å². The zero-order valence-electron chi connectivity index (χ0n) is 16.4. The summed E-state index contributed by atoms with van der Waals surface area (Å²) in [6.07, 6.45) is 7.76. The van der Waals surface area contributed by atoms with Gasteiger partial charge in [0.1, 0.15) is 5.78 Å². The largest absolute Gasteiger partial charge is 0.481 e. The number of Topliss-reactive ketones (excluding diaryl/α,β-unsaturated/α-hetero) is 1. The van der Waals surface area contributed by atoms with Gasteiger partial charge in [0.15, 0.2) is 0 Å². The second kappa shape index (κ2) is 6.28. The molecule has 1 N–H and O–H groups in total. The van der Waals surface area contributed by atoms with Gasteiger partial charge in [-0.1, -0.05) is 27.2 Å².